The average molecular weight is 184 g/mol. The second kappa shape index (κ2) is 4.51. The Kier molecular flexibility index (Phi) is 3.33. The summed E-state index contributed by atoms with van der Waals surface area (Å²) in [5.74, 6) is 0.166. The van der Waals surface area contributed by atoms with Gasteiger partial charge in [-0.1, -0.05) is 0 Å². The first-order valence-corrected chi connectivity index (χ1v) is 3.86. The fourth-order valence-corrected chi connectivity index (χ4v) is 0.829. The first kappa shape index (κ1) is 9.60. The highest BCUT2D eigenvalue weighted by Gasteiger charge is 2.08. The number of methoxy groups -OCH3 is 1. The van der Waals surface area contributed by atoms with E-state index in [0.29, 0.717) is 13.2 Å². The zero-order valence-corrected chi connectivity index (χ0v) is 7.37. The molecule has 0 aromatic carbocycles. The number of hydrogen-bond acceptors (Lipinski definition) is 4. The molecule has 0 saturated heterocycles. The molecular weight excluding hydrogens is 172 g/mol. The molecule has 0 bridgehead atoms. The SMILES string of the molecule is COCCNC(=O)c1ccc(N)o1. The van der Waals surface area contributed by atoms with Crippen LogP contribution in [0.2, 0.25) is 0 Å². The number of amides is 1. The van der Waals surface area contributed by atoms with Gasteiger partial charge >= 0.3 is 0 Å². The van der Waals surface area contributed by atoms with Crippen molar-refractivity contribution in [2.45, 2.75) is 0 Å². The van der Waals surface area contributed by atoms with Crippen molar-refractivity contribution < 1.29 is 13.9 Å². The molecule has 1 heterocycles. The molecule has 0 aliphatic heterocycles. The van der Waals surface area contributed by atoms with E-state index < -0.39 is 0 Å². The number of carbonyl (C=O) groups is 1. The van der Waals surface area contributed by atoms with E-state index in [1.165, 1.54) is 12.1 Å². The molecule has 1 rings (SSSR count). The summed E-state index contributed by atoms with van der Waals surface area (Å²) in [6.07, 6.45) is 0. The minimum absolute atomic E-state index is 0.216. The van der Waals surface area contributed by atoms with Crippen molar-refractivity contribution in [3.05, 3.63) is 17.9 Å². The molecule has 0 aliphatic carbocycles. The van der Waals surface area contributed by atoms with Crippen molar-refractivity contribution in [3.63, 3.8) is 0 Å². The molecule has 1 amide bonds. The third-order valence-corrected chi connectivity index (χ3v) is 1.44. The molecule has 0 aliphatic rings. The molecule has 1 aromatic heterocycles. The zero-order valence-electron chi connectivity index (χ0n) is 7.37. The molecule has 13 heavy (non-hydrogen) atoms. The van der Waals surface area contributed by atoms with Crippen molar-refractivity contribution in [2.24, 2.45) is 0 Å². The molecule has 3 N–H and O–H groups in total. The number of carbonyl (C=O) groups excluding carboxylic acids is 1. The summed E-state index contributed by atoms with van der Waals surface area (Å²) in [4.78, 5) is 11.2. The summed E-state index contributed by atoms with van der Waals surface area (Å²) in [5.41, 5.74) is 5.30. The number of furan rings is 1. The lowest BCUT2D eigenvalue weighted by molar-refractivity contribution is 0.0910. The largest absolute Gasteiger partial charge is 0.436 e. The minimum atomic E-state index is -0.284. The van der Waals surface area contributed by atoms with E-state index in [-0.39, 0.29) is 17.6 Å². The smallest absolute Gasteiger partial charge is 0.287 e. The van der Waals surface area contributed by atoms with Crippen molar-refractivity contribution in [1.29, 1.82) is 0 Å². The Balaban J connectivity index is 2.40. The summed E-state index contributed by atoms with van der Waals surface area (Å²) in [7, 11) is 1.57. The van der Waals surface area contributed by atoms with Crippen molar-refractivity contribution in [1.82, 2.24) is 5.32 Å². The van der Waals surface area contributed by atoms with Crippen LogP contribution in [0, 0.1) is 0 Å². The fourth-order valence-electron chi connectivity index (χ4n) is 0.829. The fraction of sp³-hybridized carbons (Fsp3) is 0.375. The van der Waals surface area contributed by atoms with Gasteiger partial charge in [-0.2, -0.15) is 0 Å². The second-order valence-electron chi connectivity index (χ2n) is 2.45. The van der Waals surface area contributed by atoms with Gasteiger partial charge in [0, 0.05) is 19.7 Å². The van der Waals surface area contributed by atoms with Gasteiger partial charge in [0.05, 0.1) is 6.61 Å². The molecule has 1 aromatic rings. The van der Waals surface area contributed by atoms with Gasteiger partial charge in [-0.25, -0.2) is 0 Å². The number of nitrogens with two attached hydrogens (primary N) is 1. The van der Waals surface area contributed by atoms with Crippen LogP contribution in [0.1, 0.15) is 10.6 Å². The van der Waals surface area contributed by atoms with Crippen LogP contribution < -0.4 is 11.1 Å². The molecule has 0 radical (unpaired) electrons. The number of ether oxygens (including phenoxy) is 1. The van der Waals surface area contributed by atoms with Crippen LogP contribution in [-0.2, 0) is 4.74 Å². The Morgan fingerprint density at radius 2 is 2.46 bits per heavy atom. The van der Waals surface area contributed by atoms with Gasteiger partial charge in [0.1, 0.15) is 0 Å². The van der Waals surface area contributed by atoms with E-state index in [1.807, 2.05) is 0 Å². The maximum Gasteiger partial charge on any atom is 0.287 e. The van der Waals surface area contributed by atoms with Gasteiger partial charge in [-0.15, -0.1) is 0 Å². The highest BCUT2D eigenvalue weighted by atomic mass is 16.5. The molecule has 0 atom stereocenters. The summed E-state index contributed by atoms with van der Waals surface area (Å²) < 4.78 is 9.66. The lowest BCUT2D eigenvalue weighted by Gasteiger charge is -2.00. The van der Waals surface area contributed by atoms with Crippen LogP contribution in [-0.4, -0.2) is 26.2 Å². The number of anilines is 1. The lowest BCUT2D eigenvalue weighted by atomic mass is 10.4. The number of rotatable bonds is 4. The third-order valence-electron chi connectivity index (χ3n) is 1.44. The minimum Gasteiger partial charge on any atom is -0.436 e. The monoisotopic (exact) mass is 184 g/mol. The van der Waals surface area contributed by atoms with Crippen molar-refractivity contribution in [3.8, 4) is 0 Å². The van der Waals surface area contributed by atoms with Gasteiger partial charge < -0.3 is 20.2 Å². The normalized spacial score (nSPS) is 9.92. The molecule has 0 unspecified atom stereocenters. The summed E-state index contributed by atoms with van der Waals surface area (Å²) in [5, 5.41) is 2.60. The van der Waals surface area contributed by atoms with Crippen LogP contribution in [0.25, 0.3) is 0 Å². The molecule has 0 spiro atoms. The average Bonchev–Trinajstić information content (AvgIpc) is 2.52. The van der Waals surface area contributed by atoms with E-state index in [1.54, 1.807) is 7.11 Å². The molecule has 5 heteroatoms. The van der Waals surface area contributed by atoms with Crippen LogP contribution in [0.5, 0.6) is 0 Å². The van der Waals surface area contributed by atoms with Crippen LogP contribution in [0.3, 0.4) is 0 Å². The highest BCUT2D eigenvalue weighted by molar-refractivity contribution is 5.91. The maximum absolute atomic E-state index is 11.2. The van der Waals surface area contributed by atoms with Gasteiger partial charge in [0.15, 0.2) is 11.6 Å². The molecule has 5 nitrogen and oxygen atoms in total. The van der Waals surface area contributed by atoms with E-state index in [4.69, 9.17) is 14.9 Å². The molecule has 0 saturated carbocycles. The maximum atomic E-state index is 11.2. The van der Waals surface area contributed by atoms with Crippen LogP contribution >= 0.6 is 0 Å². The Morgan fingerprint density at radius 3 is 3.00 bits per heavy atom. The Bertz CT molecular complexity index is 283. The van der Waals surface area contributed by atoms with E-state index in [9.17, 15) is 4.79 Å². The predicted octanol–water partition coefficient (Wildman–Crippen LogP) is 0.238. The van der Waals surface area contributed by atoms with E-state index in [0.717, 1.165) is 0 Å². The van der Waals surface area contributed by atoms with Gasteiger partial charge in [-0.05, 0) is 6.07 Å². The highest BCUT2D eigenvalue weighted by Crippen LogP contribution is 2.08. The third kappa shape index (κ3) is 2.79. The van der Waals surface area contributed by atoms with Crippen LogP contribution in [0.4, 0.5) is 5.88 Å². The van der Waals surface area contributed by atoms with E-state index >= 15 is 0 Å². The Hall–Kier alpha value is -1.49. The van der Waals surface area contributed by atoms with Crippen molar-refractivity contribution >= 4 is 11.8 Å². The molecular formula is C8H12N2O3. The lowest BCUT2D eigenvalue weighted by Crippen LogP contribution is -2.26. The first-order valence-electron chi connectivity index (χ1n) is 3.86. The van der Waals surface area contributed by atoms with Gasteiger partial charge in [-0.3, -0.25) is 4.79 Å². The Morgan fingerprint density at radius 1 is 1.69 bits per heavy atom. The van der Waals surface area contributed by atoms with Crippen molar-refractivity contribution in [2.75, 3.05) is 26.0 Å². The second-order valence-corrected chi connectivity index (χ2v) is 2.45. The summed E-state index contributed by atoms with van der Waals surface area (Å²) >= 11 is 0. The summed E-state index contributed by atoms with van der Waals surface area (Å²) in [6.45, 7) is 0.928. The van der Waals surface area contributed by atoms with E-state index in [2.05, 4.69) is 5.32 Å². The van der Waals surface area contributed by atoms with Gasteiger partial charge in [0.25, 0.3) is 5.91 Å². The standard InChI is InChI=1S/C8H12N2O3/c1-12-5-4-10-8(11)6-2-3-7(9)13-6/h2-3H,4-5,9H2,1H3,(H,10,11). The number of nitrogens with one attached hydrogen (secondary N) is 1. The first-order chi connectivity index (χ1) is 6.24. The predicted molar refractivity (Wildman–Crippen MR) is 47.3 cm³/mol. The summed E-state index contributed by atoms with van der Waals surface area (Å²) in [6, 6.07) is 3.06. The topological polar surface area (TPSA) is 77.5 Å². The number of nitrogen functional groups attached to an aromatic ring is 1. The zero-order chi connectivity index (χ0) is 9.68. The quantitative estimate of drug-likeness (QED) is 0.657. The Labute approximate surface area is 75.9 Å². The molecule has 0 fully saturated rings. The van der Waals surface area contributed by atoms with Gasteiger partial charge in [0.2, 0.25) is 0 Å². The number of hydrogen-bond donors (Lipinski definition) is 2. The molecule has 72 valence electrons. The van der Waals surface area contributed by atoms with Crippen LogP contribution in [0.15, 0.2) is 16.5 Å².